The predicted molar refractivity (Wildman–Crippen MR) is 51.5 cm³/mol. The van der Waals surface area contributed by atoms with Gasteiger partial charge in [-0.25, -0.2) is 4.98 Å². The zero-order valence-electron chi connectivity index (χ0n) is 6.57. The third-order valence-electron chi connectivity index (χ3n) is 1.78. The van der Waals surface area contributed by atoms with Crippen LogP contribution in [-0.2, 0) is 0 Å². The molecule has 1 aromatic heterocycles. The third-order valence-corrected chi connectivity index (χ3v) is 1.78. The molecule has 3 heteroatoms. The molecule has 2 nitrogen and oxygen atoms in total. The number of nitrogen functional groups attached to an aromatic ring is 1. The summed E-state index contributed by atoms with van der Waals surface area (Å²) >= 11 is 0. The average Bonchev–Trinajstić information content (AvgIpc) is 2.58. The maximum Gasteiger partial charge on any atom is 0.182 e. The Morgan fingerprint density at radius 2 is 2.25 bits per heavy atom. The molecule has 0 bridgehead atoms. The third kappa shape index (κ3) is 1.26. The second kappa shape index (κ2) is 2.85. The number of nitrogens with two attached hydrogens (primary N) is 1. The van der Waals surface area contributed by atoms with Gasteiger partial charge in [0.1, 0.15) is 5.82 Å². The van der Waals surface area contributed by atoms with Gasteiger partial charge in [0.2, 0.25) is 0 Å². The molecule has 2 N–H and O–H groups in total. The molecule has 2 rings (SSSR count). The minimum atomic E-state index is 0.560. The Morgan fingerprint density at radius 1 is 1.33 bits per heavy atom. The molecular formula is C9H8BN2. The standard InChI is InChI=1S/C9H8BN2/c11-9-4-3-7(6-12-9)8-2-1-5-10-8/h1-6H,(H2,11,12). The minimum Gasteiger partial charge on any atom is -0.384 e. The monoisotopic (exact) mass is 155 g/mol. The Hall–Kier alpha value is -1.51. The highest BCUT2D eigenvalue weighted by Gasteiger charge is 2.03. The van der Waals surface area contributed by atoms with Gasteiger partial charge >= 0.3 is 0 Å². The molecule has 0 spiro atoms. The first-order valence-corrected chi connectivity index (χ1v) is 3.80. The molecule has 2 heterocycles. The van der Waals surface area contributed by atoms with Gasteiger partial charge in [0.15, 0.2) is 7.28 Å². The number of pyridine rings is 1. The van der Waals surface area contributed by atoms with Gasteiger partial charge in [0.05, 0.1) is 0 Å². The van der Waals surface area contributed by atoms with E-state index < -0.39 is 0 Å². The van der Waals surface area contributed by atoms with Crippen molar-refractivity contribution in [2.45, 2.75) is 0 Å². The molecule has 0 saturated carbocycles. The summed E-state index contributed by atoms with van der Waals surface area (Å²) in [7, 11) is 2.05. The molecule has 0 atom stereocenters. The molecule has 12 heavy (non-hydrogen) atoms. The fraction of sp³-hybridized carbons (Fsp3) is 0. The highest BCUT2D eigenvalue weighted by molar-refractivity contribution is 6.66. The predicted octanol–water partition coefficient (Wildman–Crippen LogP) is 1.24. The van der Waals surface area contributed by atoms with Gasteiger partial charge < -0.3 is 5.73 Å². The van der Waals surface area contributed by atoms with Gasteiger partial charge in [-0.3, -0.25) is 0 Å². The molecule has 0 aromatic carbocycles. The van der Waals surface area contributed by atoms with E-state index in [0.717, 1.165) is 5.56 Å². The van der Waals surface area contributed by atoms with Crippen LogP contribution in [0.15, 0.2) is 36.5 Å². The van der Waals surface area contributed by atoms with Crippen LogP contribution in [-0.4, -0.2) is 12.3 Å². The second-order valence-electron chi connectivity index (χ2n) is 2.65. The van der Waals surface area contributed by atoms with E-state index in [0.29, 0.717) is 5.82 Å². The van der Waals surface area contributed by atoms with Crippen LogP contribution in [0.5, 0.6) is 0 Å². The molecule has 57 valence electrons. The average molecular weight is 155 g/mol. The van der Waals surface area contributed by atoms with Crippen LogP contribution in [0.1, 0.15) is 5.56 Å². The van der Waals surface area contributed by atoms with E-state index >= 15 is 0 Å². The summed E-state index contributed by atoms with van der Waals surface area (Å²) in [5.41, 5.74) is 7.76. The van der Waals surface area contributed by atoms with E-state index in [4.69, 9.17) is 5.73 Å². The van der Waals surface area contributed by atoms with Crippen molar-refractivity contribution >= 4 is 18.6 Å². The lowest BCUT2D eigenvalue weighted by Crippen LogP contribution is -1.93. The maximum atomic E-state index is 5.47. The topological polar surface area (TPSA) is 38.9 Å². The van der Waals surface area contributed by atoms with Crippen LogP contribution >= 0.6 is 0 Å². The summed E-state index contributed by atoms with van der Waals surface area (Å²) in [5.74, 6) is 2.57. The Labute approximate surface area is 72.1 Å². The summed E-state index contributed by atoms with van der Waals surface area (Å²) < 4.78 is 0. The van der Waals surface area contributed by atoms with Crippen LogP contribution in [0.3, 0.4) is 0 Å². The van der Waals surface area contributed by atoms with Gasteiger partial charge in [0, 0.05) is 6.20 Å². The largest absolute Gasteiger partial charge is 0.384 e. The van der Waals surface area contributed by atoms with Gasteiger partial charge in [-0.15, -0.1) is 5.98 Å². The fourth-order valence-corrected chi connectivity index (χ4v) is 1.14. The Bertz CT molecular complexity index is 338. The summed E-state index contributed by atoms with van der Waals surface area (Å²) in [6.07, 6.45) is 5.84. The van der Waals surface area contributed by atoms with Crippen LogP contribution in [0.4, 0.5) is 5.82 Å². The van der Waals surface area contributed by atoms with E-state index in [1.54, 1.807) is 6.20 Å². The van der Waals surface area contributed by atoms with E-state index in [-0.39, 0.29) is 0 Å². The first kappa shape index (κ1) is 7.16. The molecule has 0 aliphatic carbocycles. The highest BCUT2D eigenvalue weighted by atomic mass is 14.8. The van der Waals surface area contributed by atoms with Gasteiger partial charge in [-0.1, -0.05) is 23.7 Å². The Balaban J connectivity index is 2.30. The number of nitrogens with zero attached hydrogens (tertiary/aromatic N) is 1. The highest BCUT2D eigenvalue weighted by Crippen LogP contribution is 2.16. The fourth-order valence-electron chi connectivity index (χ4n) is 1.14. The number of hydrogen-bond donors (Lipinski definition) is 1. The molecule has 0 saturated heterocycles. The number of anilines is 1. The van der Waals surface area contributed by atoms with Gasteiger partial charge in [0.25, 0.3) is 0 Å². The number of rotatable bonds is 1. The summed E-state index contributed by atoms with van der Waals surface area (Å²) in [6.45, 7) is 0. The zero-order valence-corrected chi connectivity index (χ0v) is 6.57. The maximum absolute atomic E-state index is 5.47. The SMILES string of the molecule is Nc1ccc(C2=CC=C[B]2)cn1. The van der Waals surface area contributed by atoms with Crippen molar-refractivity contribution in [1.29, 1.82) is 0 Å². The lowest BCUT2D eigenvalue weighted by Gasteiger charge is -2.00. The van der Waals surface area contributed by atoms with E-state index in [1.807, 2.05) is 37.5 Å². The molecule has 1 aromatic rings. The van der Waals surface area contributed by atoms with Crippen molar-refractivity contribution in [1.82, 2.24) is 4.98 Å². The summed E-state index contributed by atoms with van der Waals surface area (Å²) in [6, 6.07) is 3.78. The van der Waals surface area contributed by atoms with Crippen LogP contribution in [0.2, 0.25) is 0 Å². The van der Waals surface area contributed by atoms with E-state index in [2.05, 4.69) is 4.98 Å². The smallest absolute Gasteiger partial charge is 0.182 e. The van der Waals surface area contributed by atoms with Crippen molar-refractivity contribution in [3.8, 4) is 0 Å². The second-order valence-corrected chi connectivity index (χ2v) is 2.65. The lowest BCUT2D eigenvalue weighted by molar-refractivity contribution is 1.32. The minimum absolute atomic E-state index is 0.560. The first-order valence-electron chi connectivity index (χ1n) is 3.80. The van der Waals surface area contributed by atoms with Gasteiger partial charge in [-0.05, 0) is 11.6 Å². The molecular weight excluding hydrogens is 147 g/mol. The van der Waals surface area contributed by atoms with Crippen molar-refractivity contribution in [3.63, 3.8) is 0 Å². The quantitative estimate of drug-likeness (QED) is 0.619. The van der Waals surface area contributed by atoms with Crippen LogP contribution < -0.4 is 5.73 Å². The number of aromatic nitrogens is 1. The molecule has 1 radical (unpaired) electrons. The van der Waals surface area contributed by atoms with Crippen molar-refractivity contribution in [2.24, 2.45) is 0 Å². The van der Waals surface area contributed by atoms with Crippen molar-refractivity contribution in [3.05, 3.63) is 42.0 Å². The molecule has 0 amide bonds. The molecule has 0 fully saturated rings. The van der Waals surface area contributed by atoms with Crippen molar-refractivity contribution < 1.29 is 0 Å². The normalized spacial score (nSPS) is 14.2. The first-order chi connectivity index (χ1) is 5.86. The summed E-state index contributed by atoms with van der Waals surface area (Å²) in [4.78, 5) is 4.01. The van der Waals surface area contributed by atoms with Crippen LogP contribution in [0, 0.1) is 0 Å². The number of hydrogen-bond acceptors (Lipinski definition) is 2. The number of allylic oxidation sites excluding steroid dienone is 2. The Kier molecular flexibility index (Phi) is 1.70. The lowest BCUT2D eigenvalue weighted by atomic mass is 9.70. The molecule has 1 aliphatic rings. The molecule has 1 aliphatic heterocycles. The van der Waals surface area contributed by atoms with E-state index in [1.165, 1.54) is 5.47 Å². The Morgan fingerprint density at radius 3 is 2.83 bits per heavy atom. The zero-order chi connectivity index (χ0) is 8.39. The van der Waals surface area contributed by atoms with Crippen molar-refractivity contribution in [2.75, 3.05) is 5.73 Å². The van der Waals surface area contributed by atoms with Gasteiger partial charge in [-0.2, -0.15) is 0 Å². The van der Waals surface area contributed by atoms with Crippen LogP contribution in [0.25, 0.3) is 5.47 Å². The molecule has 0 unspecified atom stereocenters. The summed E-state index contributed by atoms with van der Waals surface area (Å²) in [5, 5.41) is 0. The van der Waals surface area contributed by atoms with E-state index in [9.17, 15) is 0 Å².